The molecule has 4 aromatic heterocycles. The van der Waals surface area contributed by atoms with Crippen LogP contribution in [0.3, 0.4) is 0 Å². The van der Waals surface area contributed by atoms with E-state index in [-0.39, 0.29) is 0 Å². The molecule has 8 nitrogen and oxygen atoms in total. The highest BCUT2D eigenvalue weighted by molar-refractivity contribution is 5.14. The van der Waals surface area contributed by atoms with Crippen molar-refractivity contribution in [2.24, 2.45) is 28.2 Å². The fourth-order valence-electron chi connectivity index (χ4n) is 3.54. The Morgan fingerprint density at radius 2 is 0.444 bits per heavy atom. The van der Waals surface area contributed by atoms with E-state index in [0.29, 0.717) is 0 Å². The molecule has 36 heavy (non-hydrogen) atoms. The minimum absolute atomic E-state index is 1.09. The van der Waals surface area contributed by atoms with Crippen LogP contribution < -0.4 is 0 Å². The Morgan fingerprint density at radius 3 is 0.472 bits per heavy atom. The average Bonchev–Trinajstić information content (AvgIpc) is 3.37. The van der Waals surface area contributed by atoms with Crippen LogP contribution >= 0.6 is 0 Å². The van der Waals surface area contributed by atoms with Gasteiger partial charge >= 0.3 is 0 Å². The number of nitrogens with zero attached hydrogens (tertiary/aromatic N) is 8. The summed E-state index contributed by atoms with van der Waals surface area (Å²) in [7, 11) is 8.13. The summed E-state index contributed by atoms with van der Waals surface area (Å²) in [5.74, 6) is 4.35. The monoisotopic (exact) mass is 496 g/mol. The number of rotatable bonds is 0. The second-order valence-electron chi connectivity index (χ2n) is 9.56. The van der Waals surface area contributed by atoms with Gasteiger partial charge in [-0.05, 0) is 83.1 Å². The summed E-state index contributed by atoms with van der Waals surface area (Å²) in [4.78, 5) is 17.1. The third-order valence-electron chi connectivity index (χ3n) is 7.37. The van der Waals surface area contributed by atoms with Gasteiger partial charge in [0.15, 0.2) is 0 Å². The Balaban J connectivity index is 0.000000240. The van der Waals surface area contributed by atoms with Crippen molar-refractivity contribution in [3.05, 3.63) is 68.8 Å². The van der Waals surface area contributed by atoms with E-state index in [9.17, 15) is 0 Å². The molecule has 0 atom stereocenters. The van der Waals surface area contributed by atoms with Crippen LogP contribution in [0.25, 0.3) is 0 Å². The molecule has 0 saturated carbocycles. The Bertz CT molecular complexity index is 1000. The Hall–Kier alpha value is -3.16. The topological polar surface area (TPSA) is 71.3 Å². The highest BCUT2D eigenvalue weighted by atomic mass is 15.1. The molecule has 0 fully saturated rings. The highest BCUT2D eigenvalue weighted by Gasteiger charge is 2.02. The molecule has 0 aliphatic heterocycles. The molecule has 0 saturated heterocycles. The molecule has 8 heteroatoms. The van der Waals surface area contributed by atoms with Crippen LogP contribution in [-0.2, 0) is 28.2 Å². The fourth-order valence-corrected chi connectivity index (χ4v) is 3.54. The highest BCUT2D eigenvalue weighted by Crippen LogP contribution is 2.07. The van der Waals surface area contributed by atoms with Gasteiger partial charge in [-0.1, -0.05) is 0 Å². The quantitative estimate of drug-likeness (QED) is 0.328. The van der Waals surface area contributed by atoms with Crippen molar-refractivity contribution in [1.82, 2.24) is 38.2 Å². The summed E-state index contributed by atoms with van der Waals surface area (Å²) in [6.07, 6.45) is 0. The summed E-state index contributed by atoms with van der Waals surface area (Å²) in [6, 6.07) is 0. The van der Waals surface area contributed by atoms with E-state index in [1.165, 1.54) is 22.8 Å². The molecule has 4 rings (SSSR count). The van der Waals surface area contributed by atoms with Crippen molar-refractivity contribution in [1.29, 1.82) is 0 Å². The molecule has 0 spiro atoms. The maximum atomic E-state index is 4.27. The zero-order valence-corrected chi connectivity index (χ0v) is 25.6. The first kappa shape index (κ1) is 30.9. The molecule has 0 aliphatic rings. The molecule has 0 unspecified atom stereocenters. The maximum absolute atomic E-state index is 4.27. The zero-order valence-electron chi connectivity index (χ0n) is 25.6. The second kappa shape index (κ2) is 12.7. The second-order valence-corrected chi connectivity index (χ2v) is 9.56. The van der Waals surface area contributed by atoms with Gasteiger partial charge < -0.3 is 18.3 Å². The largest absolute Gasteiger partial charge is 0.335 e. The Labute approximate surface area is 218 Å². The van der Waals surface area contributed by atoms with E-state index in [2.05, 4.69) is 65.9 Å². The molecule has 4 aromatic rings. The van der Waals surface area contributed by atoms with Crippen molar-refractivity contribution in [3.63, 3.8) is 0 Å². The number of aryl methyl sites for hydroxylation is 8. The van der Waals surface area contributed by atoms with Crippen LogP contribution in [0.1, 0.15) is 68.8 Å². The average molecular weight is 497 g/mol. The lowest BCUT2D eigenvalue weighted by Crippen LogP contribution is -1.92. The van der Waals surface area contributed by atoms with E-state index < -0.39 is 0 Å². The first-order valence-electron chi connectivity index (χ1n) is 12.4. The van der Waals surface area contributed by atoms with Gasteiger partial charge in [0.25, 0.3) is 0 Å². The van der Waals surface area contributed by atoms with Crippen LogP contribution in [0.15, 0.2) is 0 Å². The molecule has 0 N–H and O–H groups in total. The summed E-state index contributed by atoms with van der Waals surface area (Å²) >= 11 is 0. The van der Waals surface area contributed by atoms with Crippen LogP contribution in [-0.4, -0.2) is 38.2 Å². The van der Waals surface area contributed by atoms with Gasteiger partial charge in [0.1, 0.15) is 23.3 Å². The fraction of sp³-hybridized carbons (Fsp3) is 0.571. The number of aromatic nitrogens is 8. The minimum Gasteiger partial charge on any atom is -0.335 e. The first-order valence-corrected chi connectivity index (χ1v) is 12.4. The van der Waals surface area contributed by atoms with E-state index in [0.717, 1.165) is 46.1 Å². The molecular formula is C28H48N8. The van der Waals surface area contributed by atoms with Crippen molar-refractivity contribution in [2.45, 2.75) is 83.1 Å². The molecule has 4 heterocycles. The predicted molar refractivity (Wildman–Crippen MR) is 150 cm³/mol. The van der Waals surface area contributed by atoms with Crippen molar-refractivity contribution in [3.8, 4) is 0 Å². The van der Waals surface area contributed by atoms with Gasteiger partial charge in [-0.25, -0.2) is 19.9 Å². The molecular weight excluding hydrogens is 448 g/mol. The Kier molecular flexibility index (Phi) is 10.9. The van der Waals surface area contributed by atoms with Crippen LogP contribution in [0.4, 0.5) is 0 Å². The summed E-state index contributed by atoms with van der Waals surface area (Å²) in [5.41, 5.74) is 9.56. The smallest absolute Gasteiger partial charge is 0.105 e. The Morgan fingerprint density at radius 1 is 0.306 bits per heavy atom. The predicted octanol–water partition coefficient (Wildman–Crippen LogP) is 5.38. The zero-order chi connectivity index (χ0) is 28.1. The standard InChI is InChI=1S/4C7H12N2/c4*1-5-6(2)9(4)7(3)8-5/h4*1-4H3. The number of hydrogen-bond acceptors (Lipinski definition) is 4. The third-order valence-corrected chi connectivity index (χ3v) is 7.37. The van der Waals surface area contributed by atoms with Crippen molar-refractivity contribution >= 4 is 0 Å². The molecule has 0 aliphatic carbocycles. The SMILES string of the molecule is Cc1nc(C)n(C)c1C.Cc1nc(C)n(C)c1C.Cc1nc(C)n(C)c1C.Cc1nc(C)n(C)c1C. The number of hydrogen-bond donors (Lipinski definition) is 0. The van der Waals surface area contributed by atoms with Crippen molar-refractivity contribution < 1.29 is 0 Å². The summed E-state index contributed by atoms with van der Waals surface area (Å²) in [6.45, 7) is 24.5. The lowest BCUT2D eigenvalue weighted by molar-refractivity contribution is 0.827. The van der Waals surface area contributed by atoms with E-state index in [1.54, 1.807) is 0 Å². The molecule has 0 amide bonds. The van der Waals surface area contributed by atoms with Gasteiger partial charge in [-0.2, -0.15) is 0 Å². The van der Waals surface area contributed by atoms with Gasteiger partial charge in [-0.15, -0.1) is 0 Å². The van der Waals surface area contributed by atoms with E-state index in [4.69, 9.17) is 0 Å². The van der Waals surface area contributed by atoms with Gasteiger partial charge in [-0.3, -0.25) is 0 Å². The molecule has 0 bridgehead atoms. The minimum atomic E-state index is 1.09. The van der Waals surface area contributed by atoms with E-state index >= 15 is 0 Å². The normalized spacial score (nSPS) is 10.2. The van der Waals surface area contributed by atoms with Gasteiger partial charge in [0.05, 0.1) is 22.8 Å². The molecule has 0 radical (unpaired) electrons. The van der Waals surface area contributed by atoms with Crippen LogP contribution in [0.5, 0.6) is 0 Å². The van der Waals surface area contributed by atoms with Gasteiger partial charge in [0, 0.05) is 51.0 Å². The maximum Gasteiger partial charge on any atom is 0.105 e. The number of imidazole rings is 4. The summed E-state index contributed by atoms with van der Waals surface area (Å²) in [5, 5.41) is 0. The van der Waals surface area contributed by atoms with Gasteiger partial charge in [0.2, 0.25) is 0 Å². The molecule has 0 aromatic carbocycles. The lowest BCUT2D eigenvalue weighted by atomic mass is 10.4. The first-order chi connectivity index (χ1) is 16.5. The lowest BCUT2D eigenvalue weighted by Gasteiger charge is -1.94. The molecule has 200 valence electrons. The van der Waals surface area contributed by atoms with E-state index in [1.807, 2.05) is 83.6 Å². The summed E-state index contributed by atoms with van der Waals surface area (Å²) < 4.78 is 8.37. The van der Waals surface area contributed by atoms with Crippen molar-refractivity contribution in [2.75, 3.05) is 0 Å². The van der Waals surface area contributed by atoms with Crippen LogP contribution in [0, 0.1) is 83.1 Å². The van der Waals surface area contributed by atoms with Crippen LogP contribution in [0.2, 0.25) is 0 Å². The third kappa shape index (κ3) is 7.42.